The molecule has 0 saturated heterocycles. The molecule has 0 spiro atoms. The molecule has 1 rings (SSSR count). The van der Waals surface area contributed by atoms with Crippen LogP contribution in [-0.2, 0) is 0 Å². The van der Waals surface area contributed by atoms with Crippen molar-refractivity contribution in [1.82, 2.24) is 0 Å². The Morgan fingerprint density at radius 3 is 2.86 bits per heavy atom. The van der Waals surface area contributed by atoms with Gasteiger partial charge in [-0.15, -0.1) is 0 Å². The van der Waals surface area contributed by atoms with Crippen molar-refractivity contribution in [3.8, 4) is 0 Å². The molecular weight excluding hydrogens is 204 g/mol. The molecule has 1 aliphatic heterocycles. The summed E-state index contributed by atoms with van der Waals surface area (Å²) in [6.45, 7) is 0.983. The maximum absolute atomic E-state index is 5.44. The molecule has 2 N–H and O–H groups in total. The zero-order chi connectivity index (χ0) is 5.11. The summed E-state index contributed by atoms with van der Waals surface area (Å²) in [6.07, 6.45) is 1.28. The molecule has 2 nitrogen and oxygen atoms in total. The summed E-state index contributed by atoms with van der Waals surface area (Å²) < 4.78 is 2.33. The molecule has 40 valence electrons. The van der Waals surface area contributed by atoms with E-state index in [2.05, 4.69) is 4.99 Å². The van der Waals surface area contributed by atoms with Gasteiger partial charge in [-0.1, -0.05) is 0 Å². The Balaban J connectivity index is 2.40. The summed E-state index contributed by atoms with van der Waals surface area (Å²) in [4.78, 5) is 4.08. The van der Waals surface area contributed by atoms with Crippen molar-refractivity contribution in [1.29, 1.82) is 0 Å². The monoisotopic (exact) mass is 214 g/mol. The van der Waals surface area contributed by atoms with Crippen molar-refractivity contribution in [2.24, 2.45) is 10.7 Å². The number of hydrogen-bond acceptors (Lipinski definition) is 2. The maximum atomic E-state index is 5.44. The van der Waals surface area contributed by atoms with Crippen molar-refractivity contribution in [2.45, 2.75) is 10.9 Å². The van der Waals surface area contributed by atoms with Crippen molar-refractivity contribution in [3.63, 3.8) is 0 Å². The molecule has 0 atom stereocenters. The van der Waals surface area contributed by atoms with Crippen LogP contribution < -0.4 is 5.73 Å². The summed E-state index contributed by atoms with van der Waals surface area (Å²) in [5.41, 5.74) is 5.44. The van der Waals surface area contributed by atoms with Gasteiger partial charge >= 0.3 is 53.0 Å². The molecule has 0 unspecified atom stereocenters. The van der Waals surface area contributed by atoms with E-state index in [9.17, 15) is 0 Å². The van der Waals surface area contributed by atoms with E-state index in [1.165, 1.54) is 10.9 Å². The fourth-order valence-corrected chi connectivity index (χ4v) is 2.37. The number of hydrogen-bond donors (Lipinski definition) is 1. The van der Waals surface area contributed by atoms with Crippen LogP contribution in [0.4, 0.5) is 0 Å². The predicted octanol–water partition coefficient (Wildman–Crippen LogP) is -0.173. The molecule has 7 heavy (non-hydrogen) atoms. The topological polar surface area (TPSA) is 38.4 Å². The summed E-state index contributed by atoms with van der Waals surface area (Å²) in [6, 6.07) is 0. The van der Waals surface area contributed by atoms with Crippen LogP contribution in [0, 0.1) is 0 Å². The van der Waals surface area contributed by atoms with Crippen molar-refractivity contribution in [3.05, 3.63) is 0 Å². The van der Waals surface area contributed by atoms with Crippen LogP contribution in [0.2, 0.25) is 4.47 Å². The Labute approximate surface area is 53.3 Å². The second-order valence-electron chi connectivity index (χ2n) is 1.42. The van der Waals surface area contributed by atoms with Gasteiger partial charge in [0.05, 0.1) is 0 Å². The van der Waals surface area contributed by atoms with Crippen LogP contribution in [0.25, 0.3) is 0 Å². The molecule has 0 bridgehead atoms. The SMILES string of the molecule is NC1=NCCC[Te]1. The third kappa shape index (κ3) is 1.66. The van der Waals surface area contributed by atoms with E-state index in [0.29, 0.717) is 0 Å². The second-order valence-corrected chi connectivity index (χ2v) is 4.60. The van der Waals surface area contributed by atoms with Crippen LogP contribution in [0.5, 0.6) is 0 Å². The van der Waals surface area contributed by atoms with Crippen LogP contribution in [0.15, 0.2) is 4.99 Å². The summed E-state index contributed by atoms with van der Waals surface area (Å²) in [5.74, 6) is 0. The Morgan fingerprint density at radius 1 is 1.71 bits per heavy atom. The van der Waals surface area contributed by atoms with Crippen LogP contribution in [0.1, 0.15) is 6.42 Å². The molecular formula is C4H8N2Te. The molecule has 0 amide bonds. The molecule has 0 fully saturated rings. The van der Waals surface area contributed by atoms with E-state index >= 15 is 0 Å². The van der Waals surface area contributed by atoms with Gasteiger partial charge in [0.2, 0.25) is 0 Å². The van der Waals surface area contributed by atoms with E-state index < -0.39 is 0 Å². The second kappa shape index (κ2) is 2.54. The Bertz CT molecular complexity index is 89.7. The van der Waals surface area contributed by atoms with Crippen LogP contribution in [0.3, 0.4) is 0 Å². The third-order valence-electron chi connectivity index (χ3n) is 0.820. The molecule has 0 aliphatic carbocycles. The number of nitrogens with two attached hydrogens (primary N) is 1. The van der Waals surface area contributed by atoms with E-state index in [-0.39, 0.29) is 20.9 Å². The van der Waals surface area contributed by atoms with Gasteiger partial charge in [0, 0.05) is 0 Å². The molecule has 0 aromatic heterocycles. The molecule has 0 radical (unpaired) electrons. The van der Waals surface area contributed by atoms with Gasteiger partial charge in [-0.25, -0.2) is 0 Å². The van der Waals surface area contributed by atoms with Gasteiger partial charge in [-0.2, -0.15) is 0 Å². The summed E-state index contributed by atoms with van der Waals surface area (Å²) in [7, 11) is 0. The first kappa shape index (κ1) is 5.40. The van der Waals surface area contributed by atoms with Crippen LogP contribution >= 0.6 is 0 Å². The van der Waals surface area contributed by atoms with Gasteiger partial charge in [0.25, 0.3) is 0 Å². The first-order valence-electron chi connectivity index (χ1n) is 2.32. The van der Waals surface area contributed by atoms with Gasteiger partial charge in [-0.3, -0.25) is 0 Å². The Kier molecular flexibility index (Phi) is 1.96. The zero-order valence-corrected chi connectivity index (χ0v) is 6.38. The molecule has 0 aromatic carbocycles. The van der Waals surface area contributed by atoms with Gasteiger partial charge in [-0.05, 0) is 0 Å². The fraction of sp³-hybridized carbons (Fsp3) is 0.750. The van der Waals surface area contributed by atoms with Crippen LogP contribution in [-0.4, -0.2) is 31.4 Å². The molecule has 0 saturated carbocycles. The zero-order valence-electron chi connectivity index (χ0n) is 4.05. The first-order valence-corrected chi connectivity index (χ1v) is 5.13. The van der Waals surface area contributed by atoms with E-state index in [0.717, 1.165) is 10.4 Å². The average Bonchev–Trinajstić information content (AvgIpc) is 1.69. The van der Waals surface area contributed by atoms with Crippen molar-refractivity contribution < 1.29 is 0 Å². The molecule has 1 aliphatic rings. The van der Waals surface area contributed by atoms with Gasteiger partial charge in [0.1, 0.15) is 0 Å². The van der Waals surface area contributed by atoms with E-state index in [1.54, 1.807) is 0 Å². The molecule has 0 aromatic rings. The van der Waals surface area contributed by atoms with E-state index in [1.807, 2.05) is 0 Å². The first-order chi connectivity index (χ1) is 3.39. The average molecular weight is 212 g/mol. The third-order valence-corrected chi connectivity index (χ3v) is 3.44. The standard InChI is InChI=1S/C4H8N2Te/c5-4-6-2-1-3-7-4/h1-3H2,(H2,5,6). The number of rotatable bonds is 0. The fourth-order valence-electron chi connectivity index (χ4n) is 0.476. The summed E-state index contributed by atoms with van der Waals surface area (Å²) in [5, 5.41) is 0. The Morgan fingerprint density at radius 2 is 2.57 bits per heavy atom. The van der Waals surface area contributed by atoms with Gasteiger partial charge in [0.15, 0.2) is 0 Å². The number of aliphatic imine (C=N–C) groups is 1. The van der Waals surface area contributed by atoms with Gasteiger partial charge < -0.3 is 0 Å². The van der Waals surface area contributed by atoms with Crippen molar-refractivity contribution in [2.75, 3.05) is 6.54 Å². The predicted molar refractivity (Wildman–Crippen MR) is 31.7 cm³/mol. The normalized spacial score (nSPS) is 21.4. The summed E-state index contributed by atoms with van der Waals surface area (Å²) >= 11 is 0.0281. The molecule has 3 heteroatoms. The number of amidine groups is 1. The molecule has 1 heterocycles. The van der Waals surface area contributed by atoms with Crippen molar-refractivity contribution >= 4 is 24.8 Å². The Hall–Kier alpha value is 0.260. The minimum absolute atomic E-state index is 0.0281. The van der Waals surface area contributed by atoms with E-state index in [4.69, 9.17) is 5.73 Å². The number of nitrogens with zero attached hydrogens (tertiary/aromatic N) is 1. The minimum atomic E-state index is 0.0281. The quantitative estimate of drug-likeness (QED) is 0.555.